The second-order valence-electron chi connectivity index (χ2n) is 7.96. The smallest absolute Gasteiger partial charge is 0.123 e. The molecule has 0 spiro atoms. The highest BCUT2D eigenvalue weighted by Crippen LogP contribution is 2.23. The topological polar surface area (TPSA) is 29.5 Å². The zero-order valence-corrected chi connectivity index (χ0v) is 18.1. The van der Waals surface area contributed by atoms with Gasteiger partial charge in [-0.3, -0.25) is 0 Å². The first-order valence-corrected chi connectivity index (χ1v) is 11.7. The molecule has 0 aliphatic heterocycles. The molecule has 0 radical (unpaired) electrons. The van der Waals surface area contributed by atoms with Crippen LogP contribution in [0.4, 0.5) is 0 Å². The fourth-order valence-corrected chi connectivity index (χ4v) is 3.62. The monoisotopic (exact) mass is 376 g/mol. The Morgan fingerprint density at radius 2 is 1.30 bits per heavy atom. The first kappa shape index (κ1) is 24.0. The Labute approximate surface area is 168 Å². The summed E-state index contributed by atoms with van der Waals surface area (Å²) >= 11 is 0. The van der Waals surface area contributed by atoms with Gasteiger partial charge < -0.3 is 9.84 Å². The van der Waals surface area contributed by atoms with Crippen molar-refractivity contribution in [3.63, 3.8) is 0 Å². The Morgan fingerprint density at radius 1 is 0.741 bits per heavy atom. The summed E-state index contributed by atoms with van der Waals surface area (Å²) in [5.74, 6) is 0.980. The van der Waals surface area contributed by atoms with Gasteiger partial charge in [-0.25, -0.2) is 0 Å². The summed E-state index contributed by atoms with van der Waals surface area (Å²) in [4.78, 5) is 0. The van der Waals surface area contributed by atoms with Gasteiger partial charge in [-0.1, -0.05) is 103 Å². The predicted octanol–water partition coefficient (Wildman–Crippen LogP) is 7.47. The first-order chi connectivity index (χ1) is 13.3. The van der Waals surface area contributed by atoms with Crippen LogP contribution >= 0.6 is 0 Å². The van der Waals surface area contributed by atoms with Crippen LogP contribution in [0.25, 0.3) is 0 Å². The minimum Gasteiger partial charge on any atom is -0.488 e. The molecule has 0 aliphatic carbocycles. The number of para-hydroxylation sites is 1. The fraction of sp³-hybridized carbons (Fsp3) is 0.760. The maximum Gasteiger partial charge on any atom is 0.123 e. The molecule has 0 aliphatic rings. The molecule has 0 amide bonds. The van der Waals surface area contributed by atoms with E-state index in [0.717, 1.165) is 25.0 Å². The summed E-state index contributed by atoms with van der Waals surface area (Å²) in [6.07, 6.45) is 19.0. The van der Waals surface area contributed by atoms with Crippen LogP contribution in [0.1, 0.15) is 109 Å². The van der Waals surface area contributed by atoms with E-state index in [9.17, 15) is 5.11 Å². The Hall–Kier alpha value is -1.02. The van der Waals surface area contributed by atoms with Crippen molar-refractivity contribution in [2.24, 2.45) is 0 Å². The number of rotatable bonds is 18. The Balaban J connectivity index is 2.30. The van der Waals surface area contributed by atoms with Gasteiger partial charge in [-0.05, 0) is 37.3 Å². The van der Waals surface area contributed by atoms with E-state index in [4.69, 9.17) is 4.74 Å². The van der Waals surface area contributed by atoms with Crippen LogP contribution in [0.5, 0.6) is 5.75 Å². The van der Waals surface area contributed by atoms with E-state index < -0.39 is 0 Å². The molecule has 2 nitrogen and oxygen atoms in total. The average molecular weight is 377 g/mol. The zero-order chi connectivity index (χ0) is 19.6. The minimum atomic E-state index is -0.0636. The molecule has 1 N–H and O–H groups in total. The number of aryl methyl sites for hydroxylation is 1. The second kappa shape index (κ2) is 17.1. The number of hydrogen-bond donors (Lipinski definition) is 1. The summed E-state index contributed by atoms with van der Waals surface area (Å²) in [5, 5.41) is 9.72. The first-order valence-electron chi connectivity index (χ1n) is 11.7. The molecule has 1 rings (SSSR count). The van der Waals surface area contributed by atoms with Crippen molar-refractivity contribution >= 4 is 0 Å². The number of hydrogen-bond acceptors (Lipinski definition) is 2. The number of aliphatic hydroxyl groups is 1. The highest BCUT2D eigenvalue weighted by molar-refractivity contribution is 5.33. The lowest BCUT2D eigenvalue weighted by Gasteiger charge is -2.19. The maximum absolute atomic E-state index is 9.72. The van der Waals surface area contributed by atoms with Gasteiger partial charge in [-0.15, -0.1) is 0 Å². The summed E-state index contributed by atoms with van der Waals surface area (Å²) in [5.41, 5.74) is 1.30. The number of ether oxygens (including phenoxy) is 1. The lowest BCUT2D eigenvalue weighted by atomic mass is 10.0. The number of benzene rings is 1. The fourth-order valence-electron chi connectivity index (χ4n) is 3.62. The molecule has 0 heterocycles. The third kappa shape index (κ3) is 12.1. The van der Waals surface area contributed by atoms with Crippen LogP contribution in [0.3, 0.4) is 0 Å². The average Bonchev–Trinajstić information content (AvgIpc) is 2.70. The molecule has 27 heavy (non-hydrogen) atoms. The summed E-state index contributed by atoms with van der Waals surface area (Å²) < 4.78 is 6.19. The number of aliphatic hydroxyl groups excluding tert-OH is 1. The van der Waals surface area contributed by atoms with Gasteiger partial charge in [-0.2, -0.15) is 0 Å². The third-order valence-corrected chi connectivity index (χ3v) is 5.40. The number of unbranched alkanes of at least 4 members (excludes halogenated alkanes) is 11. The standard InChI is InChI=1S/C25H44O2/c1-3-5-7-9-11-13-15-20-24(22-26)27-25-21-17-16-19-23(25)18-14-12-10-8-6-4-2/h16-17,19,21,24,26H,3-15,18,20,22H2,1-2H3. The van der Waals surface area contributed by atoms with Crippen molar-refractivity contribution in [3.05, 3.63) is 29.8 Å². The highest BCUT2D eigenvalue weighted by atomic mass is 16.5. The van der Waals surface area contributed by atoms with Gasteiger partial charge in [0.2, 0.25) is 0 Å². The van der Waals surface area contributed by atoms with E-state index in [2.05, 4.69) is 32.0 Å². The van der Waals surface area contributed by atoms with Gasteiger partial charge in [0, 0.05) is 0 Å². The molecule has 1 aromatic rings. The van der Waals surface area contributed by atoms with E-state index in [0.29, 0.717) is 0 Å². The van der Waals surface area contributed by atoms with E-state index in [1.807, 2.05) is 6.07 Å². The molecule has 1 unspecified atom stereocenters. The normalized spacial score (nSPS) is 12.3. The summed E-state index contributed by atoms with van der Waals surface area (Å²) in [6, 6.07) is 8.40. The zero-order valence-electron chi connectivity index (χ0n) is 18.1. The molecule has 0 saturated heterocycles. The Morgan fingerprint density at radius 3 is 1.93 bits per heavy atom. The second-order valence-corrected chi connectivity index (χ2v) is 7.96. The van der Waals surface area contributed by atoms with Gasteiger partial charge in [0.15, 0.2) is 0 Å². The largest absolute Gasteiger partial charge is 0.488 e. The highest BCUT2D eigenvalue weighted by Gasteiger charge is 2.11. The van der Waals surface area contributed by atoms with Crippen LogP contribution in [0, 0.1) is 0 Å². The van der Waals surface area contributed by atoms with Crippen molar-refractivity contribution in [2.75, 3.05) is 6.61 Å². The van der Waals surface area contributed by atoms with Gasteiger partial charge in [0.25, 0.3) is 0 Å². The maximum atomic E-state index is 9.72. The molecule has 0 saturated carbocycles. The molecule has 1 atom stereocenters. The third-order valence-electron chi connectivity index (χ3n) is 5.40. The van der Waals surface area contributed by atoms with Crippen LogP contribution < -0.4 is 4.74 Å². The molecule has 1 aromatic carbocycles. The van der Waals surface area contributed by atoms with Gasteiger partial charge in [0.1, 0.15) is 11.9 Å². The quantitative estimate of drug-likeness (QED) is 0.269. The Bertz CT molecular complexity index is 444. The summed E-state index contributed by atoms with van der Waals surface area (Å²) in [6.45, 7) is 4.63. The van der Waals surface area contributed by atoms with Crippen molar-refractivity contribution in [1.29, 1.82) is 0 Å². The van der Waals surface area contributed by atoms with Crippen molar-refractivity contribution in [1.82, 2.24) is 0 Å². The minimum absolute atomic E-state index is 0.0636. The van der Waals surface area contributed by atoms with Crippen LogP contribution in [-0.2, 0) is 6.42 Å². The summed E-state index contributed by atoms with van der Waals surface area (Å²) in [7, 11) is 0. The van der Waals surface area contributed by atoms with Crippen molar-refractivity contribution in [2.45, 2.75) is 116 Å². The predicted molar refractivity (Wildman–Crippen MR) is 118 cm³/mol. The van der Waals surface area contributed by atoms with Crippen molar-refractivity contribution < 1.29 is 9.84 Å². The van der Waals surface area contributed by atoms with Crippen LogP contribution in [-0.4, -0.2) is 17.8 Å². The molecule has 0 bridgehead atoms. The lowest BCUT2D eigenvalue weighted by molar-refractivity contribution is 0.105. The molecule has 156 valence electrons. The molecule has 0 aromatic heterocycles. The lowest BCUT2D eigenvalue weighted by Crippen LogP contribution is -2.21. The van der Waals surface area contributed by atoms with Crippen LogP contribution in [0.15, 0.2) is 24.3 Å². The van der Waals surface area contributed by atoms with E-state index in [1.165, 1.54) is 82.6 Å². The van der Waals surface area contributed by atoms with Gasteiger partial charge in [0.05, 0.1) is 6.61 Å². The van der Waals surface area contributed by atoms with Gasteiger partial charge >= 0.3 is 0 Å². The van der Waals surface area contributed by atoms with E-state index in [-0.39, 0.29) is 12.7 Å². The molecule has 0 fully saturated rings. The van der Waals surface area contributed by atoms with Crippen LogP contribution in [0.2, 0.25) is 0 Å². The Kier molecular flexibility index (Phi) is 15.2. The van der Waals surface area contributed by atoms with Crippen molar-refractivity contribution in [3.8, 4) is 5.75 Å². The molecular formula is C25H44O2. The van der Waals surface area contributed by atoms with E-state index in [1.54, 1.807) is 0 Å². The van der Waals surface area contributed by atoms with E-state index >= 15 is 0 Å². The SMILES string of the molecule is CCCCCCCCCC(CO)Oc1ccccc1CCCCCCCC. The molecular weight excluding hydrogens is 332 g/mol. The molecule has 2 heteroatoms.